The molecule has 79 heavy (non-hydrogen) atoms. The Morgan fingerprint density at radius 3 is 1.15 bits per heavy atom. The summed E-state index contributed by atoms with van der Waals surface area (Å²) in [4.78, 5) is 15.3. The molecule has 370 valence electrons. The van der Waals surface area contributed by atoms with E-state index in [0.717, 1.165) is 145 Å². The van der Waals surface area contributed by atoms with Gasteiger partial charge in [0.2, 0.25) is 0 Å². The average molecular weight is 1010 g/mol. The van der Waals surface area contributed by atoms with Crippen LogP contribution >= 0.6 is 0 Å². The van der Waals surface area contributed by atoms with Crippen LogP contribution in [0.2, 0.25) is 0 Å². The van der Waals surface area contributed by atoms with Crippen molar-refractivity contribution in [3.05, 3.63) is 298 Å². The summed E-state index contributed by atoms with van der Waals surface area (Å²) in [6, 6.07) is 98.8. The quantitative estimate of drug-likeness (QED) is 0.130. The number of hydrogen-bond acceptors (Lipinski definition) is 4. The van der Waals surface area contributed by atoms with Gasteiger partial charge in [0, 0.05) is 62.7 Å². The first-order valence-corrected chi connectivity index (χ1v) is 26.7. The molecule has 4 heteroatoms. The zero-order valence-electron chi connectivity index (χ0n) is 43.0. The van der Waals surface area contributed by atoms with Gasteiger partial charge in [0.1, 0.15) is 11.2 Å². The van der Waals surface area contributed by atoms with E-state index >= 15 is 0 Å². The lowest BCUT2D eigenvalue weighted by Crippen LogP contribution is -1.95. The number of benzene rings is 10. The Morgan fingerprint density at radius 2 is 0.595 bits per heavy atom. The van der Waals surface area contributed by atoms with Crippen LogP contribution in [-0.4, -0.2) is 15.0 Å². The van der Waals surface area contributed by atoms with Crippen LogP contribution in [0.15, 0.2) is 302 Å². The molecular formula is C75H49N3O. The molecule has 0 unspecified atom stereocenters. The van der Waals surface area contributed by atoms with Crippen LogP contribution < -0.4 is 0 Å². The molecule has 0 radical (unpaired) electrons. The Balaban J connectivity index is 0.908. The van der Waals surface area contributed by atoms with Crippen LogP contribution in [0.25, 0.3) is 145 Å². The van der Waals surface area contributed by atoms with E-state index in [1.807, 2.05) is 36.7 Å². The summed E-state index contributed by atoms with van der Waals surface area (Å²) < 4.78 is 6.31. The van der Waals surface area contributed by atoms with Crippen molar-refractivity contribution >= 4 is 21.9 Å². The van der Waals surface area contributed by atoms with Crippen molar-refractivity contribution in [3.63, 3.8) is 0 Å². The standard InChI is InChI=1S/C75H49N3O/c1-4-19-50(20-5-1)69-46-73(55-26-18-25-53(41-55)54-35-38-68-67-33-16-17-34-74(67)79-75(68)45-54)78-49-70(69)66-32-15-14-31-65(66)60-43-58(63-29-12-10-27-61(63)56-36-39-71(76-47-56)51-21-6-2-7-22-51)42-59(44-60)64-30-13-11-28-62(64)57-37-40-72(77-48-57)52-23-8-3-9-24-52/h1-49H. The number of nitrogens with zero attached hydrogens (tertiary/aromatic N) is 3. The highest BCUT2D eigenvalue weighted by Gasteiger charge is 2.20. The topological polar surface area (TPSA) is 51.8 Å². The molecule has 0 aliphatic rings. The first-order chi connectivity index (χ1) is 39.1. The highest BCUT2D eigenvalue weighted by molar-refractivity contribution is 6.06. The summed E-state index contributed by atoms with van der Waals surface area (Å²) in [7, 11) is 0. The minimum atomic E-state index is 0.875. The van der Waals surface area contributed by atoms with Gasteiger partial charge in [-0.1, -0.05) is 218 Å². The summed E-state index contributed by atoms with van der Waals surface area (Å²) >= 11 is 0. The maximum atomic E-state index is 6.31. The van der Waals surface area contributed by atoms with Gasteiger partial charge < -0.3 is 4.42 Å². The van der Waals surface area contributed by atoms with Crippen LogP contribution in [-0.2, 0) is 0 Å². The molecule has 0 atom stereocenters. The van der Waals surface area contributed by atoms with Crippen molar-refractivity contribution in [2.45, 2.75) is 0 Å². The van der Waals surface area contributed by atoms with Gasteiger partial charge in [-0.2, -0.15) is 0 Å². The van der Waals surface area contributed by atoms with Crippen molar-refractivity contribution in [3.8, 4) is 123 Å². The number of para-hydroxylation sites is 1. The van der Waals surface area contributed by atoms with Crippen LogP contribution in [0, 0.1) is 0 Å². The normalized spacial score (nSPS) is 11.3. The number of furan rings is 1. The van der Waals surface area contributed by atoms with Crippen molar-refractivity contribution in [1.29, 1.82) is 0 Å². The van der Waals surface area contributed by atoms with Gasteiger partial charge in [-0.05, 0) is 133 Å². The smallest absolute Gasteiger partial charge is 0.136 e. The molecule has 14 rings (SSSR count). The van der Waals surface area contributed by atoms with Crippen molar-refractivity contribution in [2.75, 3.05) is 0 Å². The second-order valence-corrected chi connectivity index (χ2v) is 19.9. The van der Waals surface area contributed by atoms with E-state index in [9.17, 15) is 0 Å². The third-order valence-electron chi connectivity index (χ3n) is 15.1. The van der Waals surface area contributed by atoms with E-state index in [0.29, 0.717) is 0 Å². The Kier molecular flexibility index (Phi) is 12.2. The van der Waals surface area contributed by atoms with Crippen LogP contribution in [0.4, 0.5) is 0 Å². The third kappa shape index (κ3) is 9.18. The fourth-order valence-electron chi connectivity index (χ4n) is 11.2. The molecule has 0 N–H and O–H groups in total. The molecule has 0 saturated carbocycles. The molecule has 14 aromatic rings. The second-order valence-electron chi connectivity index (χ2n) is 19.9. The van der Waals surface area contributed by atoms with E-state index in [1.165, 1.54) is 0 Å². The van der Waals surface area contributed by atoms with Gasteiger partial charge in [0.25, 0.3) is 0 Å². The van der Waals surface area contributed by atoms with Gasteiger partial charge in [-0.25, -0.2) is 0 Å². The Bertz CT molecular complexity index is 4360. The van der Waals surface area contributed by atoms with Crippen LogP contribution in [0.1, 0.15) is 0 Å². The molecule has 4 aromatic heterocycles. The molecule has 0 fully saturated rings. The molecule has 0 spiro atoms. The van der Waals surface area contributed by atoms with Crippen LogP contribution in [0.5, 0.6) is 0 Å². The molecule has 0 aliphatic carbocycles. The van der Waals surface area contributed by atoms with Crippen molar-refractivity contribution in [1.82, 2.24) is 15.0 Å². The molecule has 0 aliphatic heterocycles. The lowest BCUT2D eigenvalue weighted by Gasteiger charge is -2.19. The minimum absolute atomic E-state index is 0.875. The Labute approximate surface area is 459 Å². The average Bonchev–Trinajstić information content (AvgIpc) is 4.01. The lowest BCUT2D eigenvalue weighted by atomic mass is 9.85. The highest BCUT2D eigenvalue weighted by atomic mass is 16.3. The van der Waals surface area contributed by atoms with Gasteiger partial charge in [0.05, 0.1) is 17.1 Å². The molecule has 0 amide bonds. The van der Waals surface area contributed by atoms with E-state index in [-0.39, 0.29) is 0 Å². The van der Waals surface area contributed by atoms with E-state index in [4.69, 9.17) is 19.4 Å². The monoisotopic (exact) mass is 1010 g/mol. The summed E-state index contributed by atoms with van der Waals surface area (Å²) in [6.07, 6.45) is 6.07. The Morgan fingerprint density at radius 1 is 0.190 bits per heavy atom. The largest absolute Gasteiger partial charge is 0.456 e. The summed E-state index contributed by atoms with van der Waals surface area (Å²) in [5, 5.41) is 2.24. The molecule has 0 saturated heterocycles. The van der Waals surface area contributed by atoms with Crippen molar-refractivity contribution in [2.24, 2.45) is 0 Å². The maximum absolute atomic E-state index is 6.31. The molecular weight excluding hydrogens is 959 g/mol. The van der Waals surface area contributed by atoms with E-state index in [2.05, 4.69) is 261 Å². The maximum Gasteiger partial charge on any atom is 0.136 e. The minimum Gasteiger partial charge on any atom is -0.456 e. The predicted octanol–water partition coefficient (Wildman–Crippen LogP) is 20.1. The predicted molar refractivity (Wildman–Crippen MR) is 327 cm³/mol. The molecule has 10 aromatic carbocycles. The number of rotatable bonds is 11. The summed E-state index contributed by atoms with van der Waals surface area (Å²) in [5.41, 5.74) is 25.1. The zero-order valence-corrected chi connectivity index (χ0v) is 43.0. The SMILES string of the molecule is c1ccc(-c2ccc(-c3ccccc3-c3cc(-c4ccccc4-c4ccc(-c5ccccc5)nc4)cc(-c4ccccc4-c4cnc(-c5cccc(-c6ccc7c(c6)oc6ccccc67)c5)cc4-c4ccccc4)c3)cn2)cc1. The number of fused-ring (bicyclic) bond motifs is 3. The summed E-state index contributed by atoms with van der Waals surface area (Å²) in [6.45, 7) is 0. The number of aromatic nitrogens is 3. The number of pyridine rings is 3. The van der Waals surface area contributed by atoms with E-state index in [1.54, 1.807) is 0 Å². The molecule has 4 heterocycles. The fourth-order valence-corrected chi connectivity index (χ4v) is 11.2. The van der Waals surface area contributed by atoms with Crippen molar-refractivity contribution < 1.29 is 4.42 Å². The third-order valence-corrected chi connectivity index (χ3v) is 15.1. The number of hydrogen-bond donors (Lipinski definition) is 0. The molecule has 4 nitrogen and oxygen atoms in total. The Hall–Kier alpha value is -10.6. The van der Waals surface area contributed by atoms with Gasteiger partial charge in [-0.3, -0.25) is 15.0 Å². The zero-order chi connectivity index (χ0) is 52.5. The first kappa shape index (κ1) is 46.9. The van der Waals surface area contributed by atoms with Crippen LogP contribution in [0.3, 0.4) is 0 Å². The highest BCUT2D eigenvalue weighted by Crippen LogP contribution is 2.45. The van der Waals surface area contributed by atoms with E-state index < -0.39 is 0 Å². The summed E-state index contributed by atoms with van der Waals surface area (Å²) in [5.74, 6) is 0. The lowest BCUT2D eigenvalue weighted by molar-refractivity contribution is 0.669. The van der Waals surface area contributed by atoms with Gasteiger partial charge in [0.15, 0.2) is 0 Å². The fraction of sp³-hybridized carbons (Fsp3) is 0. The van der Waals surface area contributed by atoms with Gasteiger partial charge >= 0.3 is 0 Å². The molecule has 0 bridgehead atoms. The second kappa shape index (κ2) is 20.5. The van der Waals surface area contributed by atoms with Gasteiger partial charge in [-0.15, -0.1) is 0 Å². The first-order valence-electron chi connectivity index (χ1n) is 26.7.